The average Bonchev–Trinajstić information content (AvgIpc) is 2.83. The smallest absolute Gasteiger partial charge is 0.313 e. The standard InChI is InChI=1S/C24H31FN6O4/c1-24(2,15-34-3)22(33)30-7-9-31(10-8-30)23-28-12-17(13-29-23)18-6-4-5-16(21(18)25)14-35-20(32)11-19(26)27/h4-6,12-13H,7-11,14-15H2,1-3H3,(H3,26,27). The molecule has 1 aromatic carbocycles. The number of nitrogens with one attached hydrogen (secondary N) is 1. The number of carbonyl (C=O) groups excluding carboxylic acids is 2. The Labute approximate surface area is 203 Å². The van der Waals surface area contributed by atoms with E-state index >= 15 is 4.39 Å². The summed E-state index contributed by atoms with van der Waals surface area (Å²) >= 11 is 0. The Bertz CT molecular complexity index is 1070. The first-order chi connectivity index (χ1) is 16.6. The molecule has 10 nitrogen and oxygen atoms in total. The number of methoxy groups -OCH3 is 1. The van der Waals surface area contributed by atoms with E-state index in [1.165, 1.54) is 6.07 Å². The van der Waals surface area contributed by atoms with Gasteiger partial charge in [-0.2, -0.15) is 0 Å². The second-order valence-electron chi connectivity index (χ2n) is 9.01. The van der Waals surface area contributed by atoms with Gasteiger partial charge < -0.3 is 25.0 Å². The summed E-state index contributed by atoms with van der Waals surface area (Å²) in [6.07, 6.45) is 2.75. The molecule has 1 amide bonds. The van der Waals surface area contributed by atoms with Crippen LogP contribution in [0, 0.1) is 16.6 Å². The van der Waals surface area contributed by atoms with Crippen molar-refractivity contribution in [2.24, 2.45) is 11.1 Å². The minimum Gasteiger partial charge on any atom is -0.460 e. The molecule has 35 heavy (non-hydrogen) atoms. The Balaban J connectivity index is 1.63. The van der Waals surface area contributed by atoms with Crippen molar-refractivity contribution < 1.29 is 23.5 Å². The van der Waals surface area contributed by atoms with Crippen LogP contribution in [0.25, 0.3) is 11.1 Å². The molecule has 11 heteroatoms. The summed E-state index contributed by atoms with van der Waals surface area (Å²) < 4.78 is 25.2. The normalized spacial score (nSPS) is 14.1. The van der Waals surface area contributed by atoms with Gasteiger partial charge in [-0.05, 0) is 13.8 Å². The van der Waals surface area contributed by atoms with Gasteiger partial charge in [0.15, 0.2) is 0 Å². The quantitative estimate of drug-likeness (QED) is 0.312. The summed E-state index contributed by atoms with van der Waals surface area (Å²) in [6, 6.07) is 4.77. The molecule has 0 aliphatic carbocycles. The molecule has 3 rings (SSSR count). The Hall–Kier alpha value is -3.60. The Morgan fingerprint density at radius 2 is 1.83 bits per heavy atom. The van der Waals surface area contributed by atoms with Crippen LogP contribution in [0.5, 0.6) is 0 Å². The fourth-order valence-corrected chi connectivity index (χ4v) is 3.86. The van der Waals surface area contributed by atoms with Gasteiger partial charge in [0, 0.05) is 62.4 Å². The number of halogens is 1. The molecule has 0 atom stereocenters. The minimum absolute atomic E-state index is 0.0533. The Morgan fingerprint density at radius 3 is 2.43 bits per heavy atom. The van der Waals surface area contributed by atoms with Crippen molar-refractivity contribution in [1.82, 2.24) is 14.9 Å². The van der Waals surface area contributed by atoms with Crippen LogP contribution in [0.1, 0.15) is 25.8 Å². The van der Waals surface area contributed by atoms with Gasteiger partial charge in [-0.1, -0.05) is 18.2 Å². The number of amides is 1. The molecule has 3 N–H and O–H groups in total. The fraction of sp³-hybridized carbons (Fsp3) is 0.458. The number of hydrogen-bond donors (Lipinski definition) is 2. The van der Waals surface area contributed by atoms with Crippen LogP contribution in [0.3, 0.4) is 0 Å². The number of piperazine rings is 1. The highest BCUT2D eigenvalue weighted by atomic mass is 19.1. The van der Waals surface area contributed by atoms with Gasteiger partial charge in [0.2, 0.25) is 11.9 Å². The van der Waals surface area contributed by atoms with Gasteiger partial charge in [-0.3, -0.25) is 15.0 Å². The number of esters is 1. The van der Waals surface area contributed by atoms with Crippen molar-refractivity contribution in [3.63, 3.8) is 0 Å². The minimum atomic E-state index is -0.695. The fourth-order valence-electron chi connectivity index (χ4n) is 3.86. The molecule has 0 spiro atoms. The van der Waals surface area contributed by atoms with Crippen LogP contribution in [0.15, 0.2) is 30.6 Å². The second-order valence-corrected chi connectivity index (χ2v) is 9.01. The zero-order valence-corrected chi connectivity index (χ0v) is 20.2. The molecule has 1 aliphatic rings. The maximum Gasteiger partial charge on any atom is 0.313 e. The summed E-state index contributed by atoms with van der Waals surface area (Å²) in [5, 5.41) is 7.12. The van der Waals surface area contributed by atoms with Crippen molar-refractivity contribution in [2.75, 3.05) is 44.8 Å². The highest BCUT2D eigenvalue weighted by Gasteiger charge is 2.34. The van der Waals surface area contributed by atoms with E-state index in [-0.39, 0.29) is 35.9 Å². The number of benzene rings is 1. The first kappa shape index (κ1) is 26.0. The van der Waals surface area contributed by atoms with Crippen molar-refractivity contribution >= 4 is 23.7 Å². The molecule has 188 valence electrons. The van der Waals surface area contributed by atoms with E-state index in [0.717, 1.165) is 0 Å². The van der Waals surface area contributed by atoms with Crippen LogP contribution in [0.4, 0.5) is 10.3 Å². The zero-order chi connectivity index (χ0) is 25.6. The van der Waals surface area contributed by atoms with E-state index in [1.807, 2.05) is 23.6 Å². The first-order valence-corrected chi connectivity index (χ1v) is 11.2. The zero-order valence-electron chi connectivity index (χ0n) is 20.2. The molecule has 0 radical (unpaired) electrons. The molecule has 2 aromatic rings. The lowest BCUT2D eigenvalue weighted by molar-refractivity contribution is -0.144. The molecular weight excluding hydrogens is 455 g/mol. The van der Waals surface area contributed by atoms with E-state index in [0.29, 0.717) is 44.3 Å². The second kappa shape index (κ2) is 11.2. The molecule has 0 unspecified atom stereocenters. The van der Waals surface area contributed by atoms with E-state index in [4.69, 9.17) is 20.6 Å². The molecule has 1 aromatic heterocycles. The Kier molecular flexibility index (Phi) is 8.34. The summed E-state index contributed by atoms with van der Waals surface area (Å²) in [5.41, 5.74) is 5.56. The van der Waals surface area contributed by atoms with E-state index in [2.05, 4.69) is 9.97 Å². The van der Waals surface area contributed by atoms with Crippen molar-refractivity contribution in [3.8, 4) is 11.1 Å². The molecule has 0 saturated carbocycles. The maximum atomic E-state index is 15.0. The van der Waals surface area contributed by atoms with E-state index in [9.17, 15) is 9.59 Å². The highest BCUT2D eigenvalue weighted by molar-refractivity contribution is 5.94. The summed E-state index contributed by atoms with van der Waals surface area (Å²) in [4.78, 5) is 37.0. The molecule has 1 saturated heterocycles. The van der Waals surface area contributed by atoms with Crippen LogP contribution in [0.2, 0.25) is 0 Å². The van der Waals surface area contributed by atoms with Crippen molar-refractivity contribution in [2.45, 2.75) is 26.9 Å². The molecule has 0 bridgehead atoms. The van der Waals surface area contributed by atoms with Crippen molar-refractivity contribution in [3.05, 3.63) is 42.0 Å². The third-order valence-corrected chi connectivity index (χ3v) is 5.69. The summed E-state index contributed by atoms with van der Waals surface area (Å²) in [5.74, 6) is -0.988. The van der Waals surface area contributed by atoms with Crippen LogP contribution in [-0.2, 0) is 25.7 Å². The van der Waals surface area contributed by atoms with Crippen LogP contribution in [-0.4, -0.2) is 72.5 Å². The number of aromatic nitrogens is 2. The number of ether oxygens (including phenoxy) is 2. The largest absolute Gasteiger partial charge is 0.460 e. The van der Waals surface area contributed by atoms with Gasteiger partial charge in [0.1, 0.15) is 24.7 Å². The van der Waals surface area contributed by atoms with Crippen LogP contribution >= 0.6 is 0 Å². The highest BCUT2D eigenvalue weighted by Crippen LogP contribution is 2.26. The van der Waals surface area contributed by atoms with E-state index < -0.39 is 17.2 Å². The Morgan fingerprint density at radius 1 is 1.17 bits per heavy atom. The predicted octanol–water partition coefficient (Wildman–Crippen LogP) is 1.97. The lowest BCUT2D eigenvalue weighted by Crippen LogP contribution is -2.53. The SMILES string of the molecule is COCC(C)(C)C(=O)N1CCN(c2ncc(-c3cccc(COC(=O)CC(=N)N)c3F)cn2)CC1. The van der Waals surface area contributed by atoms with E-state index in [1.54, 1.807) is 31.6 Å². The van der Waals surface area contributed by atoms with Gasteiger partial charge in [0.25, 0.3) is 0 Å². The van der Waals surface area contributed by atoms with Crippen LogP contribution < -0.4 is 10.6 Å². The van der Waals surface area contributed by atoms with Gasteiger partial charge in [-0.15, -0.1) is 0 Å². The summed E-state index contributed by atoms with van der Waals surface area (Å²) in [7, 11) is 1.58. The third kappa shape index (κ3) is 6.50. The monoisotopic (exact) mass is 486 g/mol. The number of anilines is 1. The van der Waals surface area contributed by atoms with Gasteiger partial charge in [-0.25, -0.2) is 14.4 Å². The van der Waals surface area contributed by atoms with Gasteiger partial charge in [0.05, 0.1) is 12.0 Å². The predicted molar refractivity (Wildman–Crippen MR) is 128 cm³/mol. The number of nitrogens with two attached hydrogens (primary N) is 1. The number of nitrogens with zero attached hydrogens (tertiary/aromatic N) is 4. The number of amidine groups is 1. The number of carbonyl (C=O) groups is 2. The summed E-state index contributed by atoms with van der Waals surface area (Å²) in [6.45, 7) is 6.11. The maximum absolute atomic E-state index is 15.0. The molecule has 1 fully saturated rings. The number of rotatable bonds is 9. The lowest BCUT2D eigenvalue weighted by atomic mass is 9.92. The topological polar surface area (TPSA) is 135 Å². The van der Waals surface area contributed by atoms with Crippen molar-refractivity contribution in [1.29, 1.82) is 5.41 Å². The number of hydrogen-bond acceptors (Lipinski definition) is 8. The molecule has 2 heterocycles. The van der Waals surface area contributed by atoms with Gasteiger partial charge >= 0.3 is 5.97 Å². The first-order valence-electron chi connectivity index (χ1n) is 11.2. The third-order valence-electron chi connectivity index (χ3n) is 5.69. The molecular formula is C24H31FN6O4. The lowest BCUT2D eigenvalue weighted by Gasteiger charge is -2.38. The average molecular weight is 487 g/mol. The molecule has 1 aliphatic heterocycles.